The maximum absolute atomic E-state index is 13.4. The van der Waals surface area contributed by atoms with Crippen LogP contribution in [0.5, 0.6) is 0 Å². The molecule has 0 radical (unpaired) electrons. The first-order chi connectivity index (χ1) is 12.4. The Bertz CT molecular complexity index is 830. The van der Waals surface area contributed by atoms with Gasteiger partial charge >= 0.3 is 0 Å². The predicted molar refractivity (Wildman–Crippen MR) is 99.2 cm³/mol. The SMILES string of the molecule is CC(C)(C(=O)Nc1nccs1)C(c1ccc(F)cc1)c1ccc(F)cc1. The van der Waals surface area contributed by atoms with E-state index in [0.29, 0.717) is 5.13 Å². The lowest BCUT2D eigenvalue weighted by Gasteiger charge is -2.33. The summed E-state index contributed by atoms with van der Waals surface area (Å²) in [5, 5.41) is 5.12. The molecular weight excluding hydrogens is 354 g/mol. The van der Waals surface area contributed by atoms with Gasteiger partial charge < -0.3 is 5.32 Å². The van der Waals surface area contributed by atoms with E-state index in [9.17, 15) is 13.6 Å². The molecule has 6 heteroatoms. The van der Waals surface area contributed by atoms with Gasteiger partial charge in [0.2, 0.25) is 5.91 Å². The molecule has 0 atom stereocenters. The topological polar surface area (TPSA) is 42.0 Å². The minimum absolute atomic E-state index is 0.217. The normalized spacial score (nSPS) is 11.6. The van der Waals surface area contributed by atoms with E-state index in [4.69, 9.17) is 0 Å². The van der Waals surface area contributed by atoms with Gasteiger partial charge in [-0.25, -0.2) is 13.8 Å². The average molecular weight is 372 g/mol. The number of anilines is 1. The number of carbonyl (C=O) groups excluding carboxylic acids is 1. The average Bonchev–Trinajstić information content (AvgIpc) is 3.11. The number of hydrogen-bond acceptors (Lipinski definition) is 3. The van der Waals surface area contributed by atoms with Gasteiger partial charge in [0.05, 0.1) is 5.41 Å². The van der Waals surface area contributed by atoms with Gasteiger partial charge in [0.15, 0.2) is 5.13 Å². The van der Waals surface area contributed by atoms with Crippen LogP contribution in [0.4, 0.5) is 13.9 Å². The number of amides is 1. The molecule has 134 valence electrons. The summed E-state index contributed by atoms with van der Waals surface area (Å²) in [6, 6.07) is 12.1. The van der Waals surface area contributed by atoms with E-state index in [1.165, 1.54) is 35.6 Å². The highest BCUT2D eigenvalue weighted by Crippen LogP contribution is 2.42. The molecule has 0 bridgehead atoms. The van der Waals surface area contributed by atoms with Crippen molar-refractivity contribution < 1.29 is 13.6 Å². The molecule has 1 heterocycles. The fourth-order valence-electron chi connectivity index (χ4n) is 3.01. The Morgan fingerprint density at radius 2 is 1.50 bits per heavy atom. The summed E-state index contributed by atoms with van der Waals surface area (Å²) in [7, 11) is 0. The van der Waals surface area contributed by atoms with Crippen LogP contribution in [0.15, 0.2) is 60.1 Å². The Hall–Kier alpha value is -2.60. The van der Waals surface area contributed by atoms with E-state index in [1.54, 1.807) is 35.8 Å². The summed E-state index contributed by atoms with van der Waals surface area (Å²) in [4.78, 5) is 17.0. The number of nitrogens with zero attached hydrogens (tertiary/aromatic N) is 1. The van der Waals surface area contributed by atoms with E-state index in [0.717, 1.165) is 11.1 Å². The molecule has 1 amide bonds. The fraction of sp³-hybridized carbons (Fsp3) is 0.200. The van der Waals surface area contributed by atoms with Gasteiger partial charge in [0.25, 0.3) is 0 Å². The van der Waals surface area contributed by atoms with E-state index >= 15 is 0 Å². The zero-order valence-corrected chi connectivity index (χ0v) is 15.2. The molecule has 1 aromatic heterocycles. The molecule has 0 saturated heterocycles. The van der Waals surface area contributed by atoms with Crippen molar-refractivity contribution >= 4 is 22.4 Å². The summed E-state index contributed by atoms with van der Waals surface area (Å²) in [6.45, 7) is 3.63. The number of carbonyl (C=O) groups is 1. The third-order valence-electron chi connectivity index (χ3n) is 4.37. The maximum Gasteiger partial charge on any atom is 0.232 e. The van der Waals surface area contributed by atoms with E-state index in [2.05, 4.69) is 10.3 Å². The molecule has 2 aromatic carbocycles. The summed E-state index contributed by atoms with van der Waals surface area (Å²) >= 11 is 1.33. The summed E-state index contributed by atoms with van der Waals surface area (Å²) < 4.78 is 26.8. The second-order valence-electron chi connectivity index (χ2n) is 6.55. The molecule has 0 spiro atoms. The summed E-state index contributed by atoms with van der Waals surface area (Å²) in [5.74, 6) is -1.30. The van der Waals surface area contributed by atoms with Crippen LogP contribution in [-0.4, -0.2) is 10.9 Å². The van der Waals surface area contributed by atoms with Gasteiger partial charge in [-0.2, -0.15) is 0 Å². The zero-order valence-electron chi connectivity index (χ0n) is 14.4. The number of benzene rings is 2. The minimum atomic E-state index is -0.888. The van der Waals surface area contributed by atoms with Crippen LogP contribution in [0.3, 0.4) is 0 Å². The molecule has 0 aliphatic heterocycles. The van der Waals surface area contributed by atoms with Gasteiger partial charge in [0, 0.05) is 17.5 Å². The van der Waals surface area contributed by atoms with Crippen LogP contribution >= 0.6 is 11.3 Å². The van der Waals surface area contributed by atoms with Gasteiger partial charge in [-0.15, -0.1) is 11.3 Å². The van der Waals surface area contributed by atoms with Crippen LogP contribution in [0.25, 0.3) is 0 Å². The maximum atomic E-state index is 13.4. The molecule has 3 nitrogen and oxygen atoms in total. The lowest BCUT2D eigenvalue weighted by atomic mass is 9.70. The number of halogens is 2. The predicted octanol–water partition coefficient (Wildman–Crippen LogP) is 5.22. The quantitative estimate of drug-likeness (QED) is 0.667. The molecule has 3 rings (SSSR count). The molecule has 3 aromatic rings. The third-order valence-corrected chi connectivity index (χ3v) is 5.05. The number of aromatic nitrogens is 1. The highest BCUT2D eigenvalue weighted by Gasteiger charge is 2.39. The molecule has 0 saturated carbocycles. The Kier molecular flexibility index (Phi) is 5.13. The highest BCUT2D eigenvalue weighted by molar-refractivity contribution is 7.13. The lowest BCUT2D eigenvalue weighted by molar-refractivity contribution is -0.124. The number of nitrogens with one attached hydrogen (secondary N) is 1. The van der Waals surface area contributed by atoms with E-state index < -0.39 is 5.41 Å². The van der Waals surface area contributed by atoms with Crippen LogP contribution in [0.1, 0.15) is 30.9 Å². The van der Waals surface area contributed by atoms with Crippen molar-refractivity contribution in [2.24, 2.45) is 5.41 Å². The van der Waals surface area contributed by atoms with E-state index in [-0.39, 0.29) is 23.5 Å². The van der Waals surface area contributed by atoms with Crippen molar-refractivity contribution in [2.75, 3.05) is 5.32 Å². The van der Waals surface area contributed by atoms with Crippen molar-refractivity contribution in [2.45, 2.75) is 19.8 Å². The van der Waals surface area contributed by atoms with Crippen molar-refractivity contribution in [1.29, 1.82) is 0 Å². The highest BCUT2D eigenvalue weighted by atomic mass is 32.1. The second kappa shape index (κ2) is 7.33. The third kappa shape index (κ3) is 3.80. The smallest absolute Gasteiger partial charge is 0.232 e. The second-order valence-corrected chi connectivity index (χ2v) is 7.44. The molecule has 0 aliphatic rings. The van der Waals surface area contributed by atoms with Gasteiger partial charge in [-0.1, -0.05) is 38.1 Å². The Balaban J connectivity index is 2.02. The number of thiazole rings is 1. The lowest BCUT2D eigenvalue weighted by Crippen LogP contribution is -2.37. The summed E-state index contributed by atoms with van der Waals surface area (Å²) in [5.41, 5.74) is 0.663. The monoisotopic (exact) mass is 372 g/mol. The fourth-order valence-corrected chi connectivity index (χ4v) is 3.53. The summed E-state index contributed by atoms with van der Waals surface area (Å²) in [6.07, 6.45) is 1.62. The molecule has 0 unspecified atom stereocenters. The van der Waals surface area contributed by atoms with Crippen molar-refractivity contribution in [1.82, 2.24) is 4.98 Å². The van der Waals surface area contributed by atoms with Crippen LogP contribution in [0.2, 0.25) is 0 Å². The Morgan fingerprint density at radius 1 is 1.00 bits per heavy atom. The van der Waals surface area contributed by atoms with Crippen LogP contribution in [0, 0.1) is 17.0 Å². The minimum Gasteiger partial charge on any atom is -0.301 e. The largest absolute Gasteiger partial charge is 0.301 e. The van der Waals surface area contributed by atoms with Crippen LogP contribution in [-0.2, 0) is 4.79 Å². The Morgan fingerprint density at radius 3 is 1.92 bits per heavy atom. The molecular formula is C20H18F2N2OS. The molecule has 1 N–H and O–H groups in total. The van der Waals surface area contributed by atoms with Crippen molar-refractivity contribution in [3.05, 3.63) is 82.9 Å². The van der Waals surface area contributed by atoms with Gasteiger partial charge in [-0.05, 0) is 35.4 Å². The first-order valence-electron chi connectivity index (χ1n) is 8.10. The van der Waals surface area contributed by atoms with Crippen LogP contribution < -0.4 is 5.32 Å². The molecule has 26 heavy (non-hydrogen) atoms. The number of rotatable bonds is 5. The molecule has 0 fully saturated rings. The first kappa shape index (κ1) is 18.2. The zero-order chi connectivity index (χ0) is 18.7. The standard InChI is InChI=1S/C20H18F2N2OS/c1-20(2,18(25)24-19-23-11-12-26-19)17(13-3-7-15(21)8-4-13)14-5-9-16(22)10-6-14/h3-12,17H,1-2H3,(H,23,24,25). The first-order valence-corrected chi connectivity index (χ1v) is 8.98. The van der Waals surface area contributed by atoms with Gasteiger partial charge in [-0.3, -0.25) is 4.79 Å². The molecule has 0 aliphatic carbocycles. The van der Waals surface area contributed by atoms with Gasteiger partial charge in [0.1, 0.15) is 11.6 Å². The van der Waals surface area contributed by atoms with Crippen molar-refractivity contribution in [3.8, 4) is 0 Å². The number of hydrogen-bond donors (Lipinski definition) is 1. The Labute approximate surface area is 154 Å². The van der Waals surface area contributed by atoms with E-state index in [1.807, 2.05) is 13.8 Å². The van der Waals surface area contributed by atoms with Crippen molar-refractivity contribution in [3.63, 3.8) is 0 Å².